The first-order valence-electron chi connectivity index (χ1n) is 6.07. The van der Waals surface area contributed by atoms with Crippen LogP contribution >= 0.6 is 0 Å². The lowest BCUT2D eigenvalue weighted by atomic mass is 10.1. The lowest BCUT2D eigenvalue weighted by molar-refractivity contribution is 0.143. The molecule has 5 nitrogen and oxygen atoms in total. The van der Waals surface area contributed by atoms with Crippen molar-refractivity contribution < 1.29 is 9.53 Å². The van der Waals surface area contributed by atoms with Gasteiger partial charge in [-0.1, -0.05) is 29.8 Å². The lowest BCUT2D eigenvalue weighted by Crippen LogP contribution is -2.37. The third-order valence-electron chi connectivity index (χ3n) is 2.37. The number of hydrogen-bond donors (Lipinski definition) is 3. The molecule has 0 saturated heterocycles. The number of amides is 2. The monoisotopic (exact) mass is 251 g/mol. The fraction of sp³-hybridized carbons (Fsp3) is 0.462. The topological polar surface area (TPSA) is 76.4 Å². The number of aryl methyl sites for hydroxylation is 1. The van der Waals surface area contributed by atoms with Crippen LogP contribution in [-0.4, -0.2) is 32.3 Å². The van der Waals surface area contributed by atoms with Crippen molar-refractivity contribution in [2.24, 2.45) is 5.73 Å². The van der Waals surface area contributed by atoms with Crippen molar-refractivity contribution >= 4 is 6.03 Å². The van der Waals surface area contributed by atoms with Gasteiger partial charge in [-0.25, -0.2) is 4.79 Å². The quantitative estimate of drug-likeness (QED) is 0.626. The summed E-state index contributed by atoms with van der Waals surface area (Å²) in [7, 11) is 0. The van der Waals surface area contributed by atoms with E-state index in [9.17, 15) is 4.79 Å². The molecule has 0 bridgehead atoms. The average Bonchev–Trinajstić information content (AvgIpc) is 2.38. The summed E-state index contributed by atoms with van der Waals surface area (Å²) in [5.41, 5.74) is 7.56. The Balaban J connectivity index is 2.11. The molecule has 1 aromatic rings. The fourth-order valence-corrected chi connectivity index (χ4v) is 1.37. The van der Waals surface area contributed by atoms with E-state index < -0.39 is 0 Å². The molecule has 1 aromatic carbocycles. The van der Waals surface area contributed by atoms with Gasteiger partial charge in [0.2, 0.25) is 0 Å². The second kappa shape index (κ2) is 8.49. The van der Waals surface area contributed by atoms with E-state index in [-0.39, 0.29) is 6.03 Å². The molecule has 2 amide bonds. The molecule has 0 heterocycles. The van der Waals surface area contributed by atoms with Gasteiger partial charge in [0.05, 0.1) is 13.2 Å². The van der Waals surface area contributed by atoms with Crippen molar-refractivity contribution in [3.05, 3.63) is 35.4 Å². The SMILES string of the molecule is Cc1ccc(CNC(=O)NCCOCCN)cc1. The highest BCUT2D eigenvalue weighted by Crippen LogP contribution is 2.02. The van der Waals surface area contributed by atoms with Gasteiger partial charge in [0.15, 0.2) is 0 Å². The van der Waals surface area contributed by atoms with E-state index in [2.05, 4.69) is 10.6 Å². The molecule has 0 aliphatic carbocycles. The van der Waals surface area contributed by atoms with Gasteiger partial charge in [0.25, 0.3) is 0 Å². The Labute approximate surface area is 108 Å². The first-order valence-corrected chi connectivity index (χ1v) is 6.07. The van der Waals surface area contributed by atoms with Gasteiger partial charge in [-0.3, -0.25) is 0 Å². The van der Waals surface area contributed by atoms with Crippen molar-refractivity contribution in [2.45, 2.75) is 13.5 Å². The van der Waals surface area contributed by atoms with Crippen LogP contribution in [-0.2, 0) is 11.3 Å². The second-order valence-electron chi connectivity index (χ2n) is 4.00. The molecule has 0 radical (unpaired) electrons. The van der Waals surface area contributed by atoms with Crippen molar-refractivity contribution in [1.82, 2.24) is 10.6 Å². The fourth-order valence-electron chi connectivity index (χ4n) is 1.37. The highest BCUT2D eigenvalue weighted by molar-refractivity contribution is 5.73. The second-order valence-corrected chi connectivity index (χ2v) is 4.00. The molecule has 18 heavy (non-hydrogen) atoms. The Morgan fingerprint density at radius 3 is 2.61 bits per heavy atom. The van der Waals surface area contributed by atoms with Crippen molar-refractivity contribution in [2.75, 3.05) is 26.3 Å². The highest BCUT2D eigenvalue weighted by Gasteiger charge is 1.99. The molecule has 1 rings (SSSR count). The number of rotatable bonds is 7. The van der Waals surface area contributed by atoms with E-state index >= 15 is 0 Å². The number of benzene rings is 1. The maximum atomic E-state index is 11.4. The zero-order chi connectivity index (χ0) is 13.2. The van der Waals surface area contributed by atoms with E-state index in [0.717, 1.165) is 5.56 Å². The third-order valence-corrected chi connectivity index (χ3v) is 2.37. The van der Waals surface area contributed by atoms with E-state index in [4.69, 9.17) is 10.5 Å². The number of urea groups is 1. The normalized spacial score (nSPS) is 10.1. The number of carbonyl (C=O) groups is 1. The Bertz CT molecular complexity index is 352. The molecular formula is C13H21N3O2. The average molecular weight is 251 g/mol. The minimum absolute atomic E-state index is 0.188. The first kappa shape index (κ1) is 14.5. The van der Waals surface area contributed by atoms with Crippen LogP contribution in [0.25, 0.3) is 0 Å². The van der Waals surface area contributed by atoms with Gasteiger partial charge < -0.3 is 21.1 Å². The number of nitrogens with two attached hydrogens (primary N) is 1. The number of nitrogens with one attached hydrogen (secondary N) is 2. The van der Waals surface area contributed by atoms with E-state index in [1.807, 2.05) is 31.2 Å². The van der Waals surface area contributed by atoms with Gasteiger partial charge >= 0.3 is 6.03 Å². The van der Waals surface area contributed by atoms with Crippen LogP contribution in [0.3, 0.4) is 0 Å². The van der Waals surface area contributed by atoms with Gasteiger partial charge in [0, 0.05) is 19.6 Å². The smallest absolute Gasteiger partial charge is 0.315 e. The summed E-state index contributed by atoms with van der Waals surface area (Å²) in [6.07, 6.45) is 0. The summed E-state index contributed by atoms with van der Waals surface area (Å²) in [5, 5.41) is 5.49. The standard InChI is InChI=1S/C13H21N3O2/c1-11-2-4-12(5-3-11)10-16-13(17)15-7-9-18-8-6-14/h2-5H,6-10,14H2,1H3,(H2,15,16,17). The molecule has 0 atom stereocenters. The molecule has 0 aliphatic heterocycles. The molecule has 0 fully saturated rings. The van der Waals surface area contributed by atoms with Crippen LogP contribution in [0.5, 0.6) is 0 Å². The molecule has 0 saturated carbocycles. The maximum Gasteiger partial charge on any atom is 0.315 e. The van der Waals surface area contributed by atoms with E-state index in [0.29, 0.717) is 32.8 Å². The number of carbonyl (C=O) groups excluding carboxylic acids is 1. The molecule has 0 unspecified atom stereocenters. The summed E-state index contributed by atoms with van der Waals surface area (Å²) in [5.74, 6) is 0. The molecule has 0 aromatic heterocycles. The van der Waals surface area contributed by atoms with Crippen molar-refractivity contribution in [1.29, 1.82) is 0 Å². The summed E-state index contributed by atoms with van der Waals surface area (Å²) in [6.45, 7) is 4.54. The van der Waals surface area contributed by atoms with Gasteiger partial charge in [-0.15, -0.1) is 0 Å². The van der Waals surface area contributed by atoms with E-state index in [1.165, 1.54) is 5.56 Å². The predicted molar refractivity (Wildman–Crippen MR) is 71.3 cm³/mol. The van der Waals surface area contributed by atoms with Crippen molar-refractivity contribution in [3.8, 4) is 0 Å². The van der Waals surface area contributed by atoms with Crippen LogP contribution in [0, 0.1) is 6.92 Å². The molecular weight excluding hydrogens is 230 g/mol. The Hall–Kier alpha value is -1.59. The summed E-state index contributed by atoms with van der Waals surface area (Å²) in [4.78, 5) is 11.4. The minimum atomic E-state index is -0.188. The summed E-state index contributed by atoms with van der Waals surface area (Å²) in [6, 6.07) is 7.86. The van der Waals surface area contributed by atoms with Crippen LogP contribution in [0.4, 0.5) is 4.79 Å². The Kier molecular flexibility index (Phi) is 6.83. The predicted octanol–water partition coefficient (Wildman–Crippen LogP) is 0.770. The number of hydrogen-bond acceptors (Lipinski definition) is 3. The summed E-state index contributed by atoms with van der Waals surface area (Å²) >= 11 is 0. The largest absolute Gasteiger partial charge is 0.378 e. The van der Waals surface area contributed by atoms with Gasteiger partial charge in [-0.2, -0.15) is 0 Å². The summed E-state index contributed by atoms with van der Waals surface area (Å²) < 4.78 is 5.14. The molecule has 4 N–H and O–H groups in total. The van der Waals surface area contributed by atoms with Crippen LogP contribution in [0.1, 0.15) is 11.1 Å². The maximum absolute atomic E-state index is 11.4. The van der Waals surface area contributed by atoms with Crippen LogP contribution < -0.4 is 16.4 Å². The molecule has 0 spiro atoms. The first-order chi connectivity index (χ1) is 8.72. The van der Waals surface area contributed by atoms with Crippen LogP contribution in [0.2, 0.25) is 0 Å². The zero-order valence-corrected chi connectivity index (χ0v) is 10.7. The molecule has 5 heteroatoms. The van der Waals surface area contributed by atoms with E-state index in [1.54, 1.807) is 0 Å². The van der Waals surface area contributed by atoms with Gasteiger partial charge in [-0.05, 0) is 12.5 Å². The Morgan fingerprint density at radius 2 is 1.94 bits per heavy atom. The third kappa shape index (κ3) is 6.22. The van der Waals surface area contributed by atoms with Crippen molar-refractivity contribution in [3.63, 3.8) is 0 Å². The molecule has 0 aliphatic rings. The zero-order valence-electron chi connectivity index (χ0n) is 10.7. The lowest BCUT2D eigenvalue weighted by Gasteiger charge is -2.08. The van der Waals surface area contributed by atoms with Gasteiger partial charge in [0.1, 0.15) is 0 Å². The number of ether oxygens (including phenoxy) is 1. The highest BCUT2D eigenvalue weighted by atomic mass is 16.5. The molecule has 100 valence electrons. The minimum Gasteiger partial charge on any atom is -0.378 e. The Morgan fingerprint density at radius 1 is 1.22 bits per heavy atom. The van der Waals surface area contributed by atoms with Crippen LogP contribution in [0.15, 0.2) is 24.3 Å².